The van der Waals surface area contributed by atoms with Crippen LogP contribution in [0.15, 0.2) is 48.5 Å². The smallest absolute Gasteiger partial charge is 0.256 e. The fourth-order valence-corrected chi connectivity index (χ4v) is 3.86. The molecule has 0 aromatic heterocycles. The van der Waals surface area contributed by atoms with Gasteiger partial charge in [0.25, 0.3) is 5.91 Å². The predicted molar refractivity (Wildman–Crippen MR) is 105 cm³/mol. The first-order valence-electron chi connectivity index (χ1n) is 9.53. The number of benzene rings is 2. The third-order valence-corrected chi connectivity index (χ3v) is 5.31. The van der Waals surface area contributed by atoms with Gasteiger partial charge in [-0.1, -0.05) is 35.9 Å². The number of amides is 2. The second-order valence-electron chi connectivity index (χ2n) is 7.25. The highest BCUT2D eigenvalue weighted by Gasteiger charge is 2.39. The molecule has 0 spiro atoms. The van der Waals surface area contributed by atoms with Crippen LogP contribution >= 0.6 is 0 Å². The van der Waals surface area contributed by atoms with Gasteiger partial charge in [0.2, 0.25) is 5.91 Å². The topological polar surface area (TPSA) is 58.6 Å². The van der Waals surface area contributed by atoms with Crippen LogP contribution in [0.4, 0.5) is 11.4 Å². The molecule has 2 aromatic carbocycles. The van der Waals surface area contributed by atoms with Gasteiger partial charge < -0.3 is 10.1 Å². The Morgan fingerprint density at radius 1 is 1.07 bits per heavy atom. The molecule has 1 saturated heterocycles. The van der Waals surface area contributed by atoms with Gasteiger partial charge in [0.15, 0.2) is 0 Å². The molecule has 2 aliphatic heterocycles. The molecule has 2 amide bonds. The van der Waals surface area contributed by atoms with Gasteiger partial charge in [0, 0.05) is 18.0 Å². The average molecular weight is 364 g/mol. The van der Waals surface area contributed by atoms with Gasteiger partial charge in [-0.2, -0.15) is 0 Å². The lowest BCUT2D eigenvalue weighted by Gasteiger charge is -2.37. The van der Waals surface area contributed by atoms with Crippen LogP contribution in [0.3, 0.4) is 0 Å². The molecule has 0 radical (unpaired) electrons. The van der Waals surface area contributed by atoms with Crippen molar-refractivity contribution in [3.63, 3.8) is 0 Å². The number of fused-ring (bicyclic) bond motifs is 1. The first-order chi connectivity index (χ1) is 13.1. The van der Waals surface area contributed by atoms with E-state index in [1.807, 2.05) is 55.5 Å². The van der Waals surface area contributed by atoms with Gasteiger partial charge in [-0.15, -0.1) is 0 Å². The number of rotatable bonds is 3. The highest BCUT2D eigenvalue weighted by molar-refractivity contribution is 6.07. The summed E-state index contributed by atoms with van der Waals surface area (Å²) in [5.41, 5.74) is 3.81. The molecule has 0 saturated carbocycles. The highest BCUT2D eigenvalue weighted by Crippen LogP contribution is 2.33. The first-order valence-corrected chi connectivity index (χ1v) is 9.53. The molecule has 1 N–H and O–H groups in total. The molecule has 2 aliphatic rings. The molecule has 2 aromatic rings. The molecule has 2 heterocycles. The Balaban J connectivity index is 1.62. The number of carbonyl (C=O) groups excluding carboxylic acids is 2. The van der Waals surface area contributed by atoms with E-state index in [1.54, 1.807) is 4.90 Å². The summed E-state index contributed by atoms with van der Waals surface area (Å²) in [6.07, 6.45) is 2.52. The van der Waals surface area contributed by atoms with E-state index in [-0.39, 0.29) is 11.8 Å². The monoisotopic (exact) mass is 364 g/mol. The number of nitrogens with one attached hydrogen (secondary N) is 1. The van der Waals surface area contributed by atoms with Crippen LogP contribution in [0.5, 0.6) is 0 Å². The standard InChI is InChI=1S/C22H24N2O3/c1-15-8-11-17(12-9-15)23-21(25)19-13-10-16-5-2-3-6-18(16)24(19)22(26)20-7-4-14-27-20/h2-3,5-6,8-9,11-12,19-20H,4,7,10,13-14H2,1H3,(H,23,25). The average Bonchev–Trinajstić information content (AvgIpc) is 3.23. The fraction of sp³-hybridized carbons (Fsp3) is 0.364. The van der Waals surface area contributed by atoms with Crippen LogP contribution in [0.1, 0.15) is 30.4 Å². The van der Waals surface area contributed by atoms with Gasteiger partial charge in [0.1, 0.15) is 12.1 Å². The lowest BCUT2D eigenvalue weighted by Crippen LogP contribution is -2.53. The van der Waals surface area contributed by atoms with Crippen LogP contribution in [0.25, 0.3) is 0 Å². The summed E-state index contributed by atoms with van der Waals surface area (Å²) in [5, 5.41) is 2.97. The van der Waals surface area contributed by atoms with E-state index < -0.39 is 12.1 Å². The Hall–Kier alpha value is -2.66. The Morgan fingerprint density at radius 3 is 2.59 bits per heavy atom. The van der Waals surface area contributed by atoms with E-state index in [4.69, 9.17) is 4.74 Å². The van der Waals surface area contributed by atoms with Gasteiger partial charge in [-0.3, -0.25) is 14.5 Å². The maximum atomic E-state index is 13.2. The Bertz CT molecular complexity index is 841. The first kappa shape index (κ1) is 17.7. The summed E-state index contributed by atoms with van der Waals surface area (Å²) < 4.78 is 5.62. The number of hydrogen-bond donors (Lipinski definition) is 1. The van der Waals surface area contributed by atoms with Crippen molar-refractivity contribution in [1.29, 1.82) is 0 Å². The van der Waals surface area contributed by atoms with Crippen molar-refractivity contribution < 1.29 is 14.3 Å². The van der Waals surface area contributed by atoms with E-state index in [0.29, 0.717) is 19.4 Å². The van der Waals surface area contributed by atoms with Crippen LogP contribution in [0, 0.1) is 6.92 Å². The third-order valence-electron chi connectivity index (χ3n) is 5.31. The van der Waals surface area contributed by atoms with E-state index in [0.717, 1.165) is 35.3 Å². The fourth-order valence-electron chi connectivity index (χ4n) is 3.86. The molecule has 5 heteroatoms. The van der Waals surface area contributed by atoms with Crippen molar-refractivity contribution in [1.82, 2.24) is 0 Å². The minimum atomic E-state index is -0.530. The largest absolute Gasteiger partial charge is 0.368 e. The molecule has 27 heavy (non-hydrogen) atoms. The van der Waals surface area contributed by atoms with Gasteiger partial charge >= 0.3 is 0 Å². The number of aryl methyl sites for hydroxylation is 2. The number of carbonyl (C=O) groups is 2. The van der Waals surface area contributed by atoms with Crippen molar-refractivity contribution in [2.45, 2.75) is 44.8 Å². The lowest BCUT2D eigenvalue weighted by atomic mass is 9.94. The predicted octanol–water partition coefficient (Wildman–Crippen LogP) is 3.46. The summed E-state index contributed by atoms with van der Waals surface area (Å²) in [4.78, 5) is 27.9. The number of nitrogens with zero attached hydrogens (tertiary/aromatic N) is 1. The summed E-state index contributed by atoms with van der Waals surface area (Å²) in [6, 6.07) is 15.0. The SMILES string of the molecule is Cc1ccc(NC(=O)C2CCc3ccccc3N2C(=O)C2CCCO2)cc1. The van der Waals surface area contributed by atoms with E-state index in [2.05, 4.69) is 5.32 Å². The lowest BCUT2D eigenvalue weighted by molar-refractivity contribution is -0.130. The Morgan fingerprint density at radius 2 is 1.85 bits per heavy atom. The number of para-hydroxylation sites is 1. The summed E-state index contributed by atoms with van der Waals surface area (Å²) in [5.74, 6) is -0.261. The van der Waals surface area contributed by atoms with Crippen molar-refractivity contribution in [2.75, 3.05) is 16.8 Å². The second kappa shape index (κ2) is 7.53. The van der Waals surface area contributed by atoms with Crippen LogP contribution in [0.2, 0.25) is 0 Å². The minimum absolute atomic E-state index is 0.108. The van der Waals surface area contributed by atoms with Crippen LogP contribution < -0.4 is 10.2 Å². The Kier molecular flexibility index (Phi) is 4.94. The maximum absolute atomic E-state index is 13.2. The normalized spacial score (nSPS) is 21.6. The zero-order valence-electron chi connectivity index (χ0n) is 15.5. The molecule has 2 unspecified atom stereocenters. The van der Waals surface area contributed by atoms with Crippen LogP contribution in [-0.4, -0.2) is 30.6 Å². The van der Waals surface area contributed by atoms with Crippen molar-refractivity contribution in [2.24, 2.45) is 0 Å². The molecular formula is C22H24N2O3. The summed E-state index contributed by atoms with van der Waals surface area (Å²) >= 11 is 0. The van der Waals surface area contributed by atoms with Gasteiger partial charge in [-0.25, -0.2) is 0 Å². The zero-order chi connectivity index (χ0) is 18.8. The molecule has 4 rings (SSSR count). The number of ether oxygens (including phenoxy) is 1. The van der Waals surface area contributed by atoms with E-state index in [9.17, 15) is 9.59 Å². The number of hydrogen-bond acceptors (Lipinski definition) is 3. The van der Waals surface area contributed by atoms with Gasteiger partial charge in [-0.05, 0) is 56.4 Å². The molecule has 1 fully saturated rings. The third kappa shape index (κ3) is 3.60. The molecule has 5 nitrogen and oxygen atoms in total. The van der Waals surface area contributed by atoms with Crippen molar-refractivity contribution in [3.05, 3.63) is 59.7 Å². The second-order valence-corrected chi connectivity index (χ2v) is 7.25. The highest BCUT2D eigenvalue weighted by atomic mass is 16.5. The minimum Gasteiger partial charge on any atom is -0.368 e. The molecule has 140 valence electrons. The van der Waals surface area contributed by atoms with Gasteiger partial charge in [0.05, 0.1) is 0 Å². The maximum Gasteiger partial charge on any atom is 0.256 e. The molecule has 0 bridgehead atoms. The molecule has 2 atom stereocenters. The zero-order valence-corrected chi connectivity index (χ0v) is 15.5. The summed E-state index contributed by atoms with van der Waals surface area (Å²) in [6.45, 7) is 2.61. The number of anilines is 2. The van der Waals surface area contributed by atoms with Crippen molar-refractivity contribution in [3.8, 4) is 0 Å². The molecule has 0 aliphatic carbocycles. The quantitative estimate of drug-likeness (QED) is 0.907. The van der Waals surface area contributed by atoms with E-state index in [1.165, 1.54) is 0 Å². The summed E-state index contributed by atoms with van der Waals surface area (Å²) in [7, 11) is 0. The Labute approximate surface area is 159 Å². The van der Waals surface area contributed by atoms with Crippen LogP contribution in [-0.2, 0) is 20.7 Å². The van der Waals surface area contributed by atoms with Crippen molar-refractivity contribution >= 4 is 23.2 Å². The van der Waals surface area contributed by atoms with E-state index >= 15 is 0 Å². The molecular weight excluding hydrogens is 340 g/mol.